The summed E-state index contributed by atoms with van der Waals surface area (Å²) in [5, 5.41) is 8.19. The van der Waals surface area contributed by atoms with Crippen molar-refractivity contribution >= 4 is 16.8 Å². The molecule has 0 saturated heterocycles. The van der Waals surface area contributed by atoms with Gasteiger partial charge in [0.15, 0.2) is 0 Å². The minimum absolute atomic E-state index is 0.243. The van der Waals surface area contributed by atoms with Gasteiger partial charge in [-0.15, -0.1) is 0 Å². The van der Waals surface area contributed by atoms with Crippen molar-refractivity contribution in [1.29, 1.82) is 0 Å². The second kappa shape index (κ2) is 8.02. The number of carbonyl (C=O) groups excluding carboxylic acids is 1. The molecule has 0 amide bonds. The first-order chi connectivity index (χ1) is 5.27. The van der Waals surface area contributed by atoms with Crippen molar-refractivity contribution in [2.24, 2.45) is 0 Å². The molecule has 2 nitrogen and oxygen atoms in total. The number of aliphatic hydroxyl groups excluding tert-OH is 1. The van der Waals surface area contributed by atoms with E-state index in [9.17, 15) is 4.79 Å². The zero-order valence-corrected chi connectivity index (χ0v) is 7.44. The summed E-state index contributed by atoms with van der Waals surface area (Å²) in [6.07, 6.45) is 5.42. The van der Waals surface area contributed by atoms with Crippen LogP contribution >= 0.6 is 11.6 Å². The van der Waals surface area contributed by atoms with Gasteiger partial charge in [-0.05, 0) is 24.4 Å². The average molecular weight is 179 g/mol. The van der Waals surface area contributed by atoms with Crippen LogP contribution in [0.1, 0.15) is 38.5 Å². The molecule has 0 radical (unpaired) electrons. The van der Waals surface area contributed by atoms with Gasteiger partial charge < -0.3 is 5.11 Å². The maximum atomic E-state index is 10.3. The number of carbonyl (C=O) groups is 1. The maximum absolute atomic E-state index is 10.3. The fourth-order valence-electron chi connectivity index (χ4n) is 0.906. The van der Waals surface area contributed by atoms with Crippen molar-refractivity contribution in [2.45, 2.75) is 38.5 Å². The molecule has 0 aromatic heterocycles. The van der Waals surface area contributed by atoms with Crippen molar-refractivity contribution in [3.8, 4) is 0 Å². The van der Waals surface area contributed by atoms with Crippen LogP contribution in [0.3, 0.4) is 0 Å². The third kappa shape index (κ3) is 9.92. The number of hydrogen-bond donors (Lipinski definition) is 1. The highest BCUT2D eigenvalue weighted by molar-refractivity contribution is 6.63. The molecule has 0 fully saturated rings. The van der Waals surface area contributed by atoms with Gasteiger partial charge in [0.2, 0.25) is 5.24 Å². The molecule has 0 aliphatic carbocycles. The zero-order valence-electron chi connectivity index (χ0n) is 6.68. The largest absolute Gasteiger partial charge is 0.396 e. The first-order valence-corrected chi connectivity index (χ1v) is 4.44. The van der Waals surface area contributed by atoms with E-state index >= 15 is 0 Å². The third-order valence-electron chi connectivity index (χ3n) is 1.53. The van der Waals surface area contributed by atoms with E-state index < -0.39 is 0 Å². The third-order valence-corrected chi connectivity index (χ3v) is 1.72. The summed E-state index contributed by atoms with van der Waals surface area (Å²) < 4.78 is 0. The molecule has 0 rings (SSSR count). The topological polar surface area (TPSA) is 37.3 Å². The number of unbranched alkanes of at least 4 members (excludes halogenated alkanes) is 4. The summed E-state index contributed by atoms with van der Waals surface area (Å²) in [4.78, 5) is 10.3. The molecule has 3 heteroatoms. The van der Waals surface area contributed by atoms with E-state index in [4.69, 9.17) is 16.7 Å². The molecule has 11 heavy (non-hydrogen) atoms. The van der Waals surface area contributed by atoms with Gasteiger partial charge in [0.25, 0.3) is 0 Å². The van der Waals surface area contributed by atoms with Crippen LogP contribution in [0.5, 0.6) is 0 Å². The SMILES string of the molecule is O=C(Cl)CCCCCCCO. The van der Waals surface area contributed by atoms with Crippen molar-refractivity contribution in [2.75, 3.05) is 6.61 Å². The van der Waals surface area contributed by atoms with E-state index in [1.165, 1.54) is 0 Å². The van der Waals surface area contributed by atoms with E-state index in [0.29, 0.717) is 6.42 Å². The summed E-state index contributed by atoms with van der Waals surface area (Å²) in [6.45, 7) is 0.272. The molecule has 0 spiro atoms. The number of halogens is 1. The lowest BCUT2D eigenvalue weighted by molar-refractivity contribution is -0.111. The Balaban J connectivity index is 2.85. The molecule has 66 valence electrons. The summed E-state index contributed by atoms with van der Waals surface area (Å²) in [6, 6.07) is 0. The second-order valence-corrected chi connectivity index (χ2v) is 3.02. The zero-order chi connectivity index (χ0) is 8.53. The predicted molar refractivity (Wildman–Crippen MR) is 45.6 cm³/mol. The van der Waals surface area contributed by atoms with Gasteiger partial charge in [-0.25, -0.2) is 0 Å². The molecular formula is C8H15ClO2. The smallest absolute Gasteiger partial charge is 0.221 e. The highest BCUT2D eigenvalue weighted by Gasteiger charge is 1.95. The number of aliphatic hydroxyl groups is 1. The van der Waals surface area contributed by atoms with E-state index in [2.05, 4.69) is 0 Å². The maximum Gasteiger partial charge on any atom is 0.221 e. The monoisotopic (exact) mass is 178 g/mol. The quantitative estimate of drug-likeness (QED) is 0.479. The van der Waals surface area contributed by atoms with Gasteiger partial charge in [0.1, 0.15) is 0 Å². The highest BCUT2D eigenvalue weighted by atomic mass is 35.5. The molecule has 0 aromatic carbocycles. The Hall–Kier alpha value is -0.0800. The lowest BCUT2D eigenvalue weighted by Gasteiger charge is -1.96. The first-order valence-electron chi connectivity index (χ1n) is 4.06. The molecule has 0 saturated carbocycles. The van der Waals surface area contributed by atoms with Crippen LogP contribution in [0.4, 0.5) is 0 Å². The molecule has 0 unspecified atom stereocenters. The summed E-state index contributed by atoms with van der Waals surface area (Å²) in [5.41, 5.74) is 0. The van der Waals surface area contributed by atoms with Crippen LogP contribution in [-0.4, -0.2) is 17.0 Å². The van der Waals surface area contributed by atoms with Gasteiger partial charge in [-0.2, -0.15) is 0 Å². The number of hydrogen-bond acceptors (Lipinski definition) is 2. The Kier molecular flexibility index (Phi) is 7.96. The van der Waals surface area contributed by atoms with Gasteiger partial charge in [0, 0.05) is 13.0 Å². The van der Waals surface area contributed by atoms with E-state index in [1.54, 1.807) is 0 Å². The lowest BCUT2D eigenvalue weighted by atomic mass is 10.1. The van der Waals surface area contributed by atoms with Crippen molar-refractivity contribution in [1.82, 2.24) is 0 Å². The Bertz CT molecular complexity index is 104. The minimum atomic E-state index is -0.243. The van der Waals surface area contributed by atoms with E-state index in [1.807, 2.05) is 0 Å². The fourth-order valence-corrected chi connectivity index (χ4v) is 1.04. The van der Waals surface area contributed by atoms with E-state index in [-0.39, 0.29) is 11.8 Å². The van der Waals surface area contributed by atoms with Crippen LogP contribution in [-0.2, 0) is 4.79 Å². The van der Waals surface area contributed by atoms with Crippen LogP contribution < -0.4 is 0 Å². The molecule has 1 N–H and O–H groups in total. The molecule has 0 aromatic rings. The molecular weight excluding hydrogens is 164 g/mol. The van der Waals surface area contributed by atoms with Gasteiger partial charge in [-0.1, -0.05) is 19.3 Å². The summed E-state index contributed by atoms with van der Waals surface area (Å²) in [5.74, 6) is 0. The predicted octanol–water partition coefficient (Wildman–Crippen LogP) is 2.08. The van der Waals surface area contributed by atoms with Crippen LogP contribution in [0, 0.1) is 0 Å². The van der Waals surface area contributed by atoms with Crippen molar-refractivity contribution < 1.29 is 9.90 Å². The van der Waals surface area contributed by atoms with Crippen molar-refractivity contribution in [3.05, 3.63) is 0 Å². The van der Waals surface area contributed by atoms with Crippen molar-refractivity contribution in [3.63, 3.8) is 0 Å². The van der Waals surface area contributed by atoms with Crippen LogP contribution in [0.2, 0.25) is 0 Å². The van der Waals surface area contributed by atoms with Crippen LogP contribution in [0.15, 0.2) is 0 Å². The van der Waals surface area contributed by atoms with Crippen LogP contribution in [0.25, 0.3) is 0 Å². The summed E-state index contributed by atoms with van der Waals surface area (Å²) >= 11 is 5.14. The standard InChI is InChI=1S/C8H15ClO2/c9-8(11)6-4-2-1-3-5-7-10/h10H,1-7H2. The summed E-state index contributed by atoms with van der Waals surface area (Å²) in [7, 11) is 0. The average Bonchev–Trinajstić information content (AvgIpc) is 1.96. The Morgan fingerprint density at radius 1 is 1.09 bits per heavy atom. The molecule has 0 bridgehead atoms. The first kappa shape index (κ1) is 10.9. The lowest BCUT2D eigenvalue weighted by Crippen LogP contribution is -1.87. The molecule has 0 aliphatic heterocycles. The molecule has 0 aliphatic rings. The second-order valence-electron chi connectivity index (χ2n) is 2.60. The van der Waals surface area contributed by atoms with Gasteiger partial charge >= 0.3 is 0 Å². The molecule has 0 atom stereocenters. The minimum Gasteiger partial charge on any atom is -0.396 e. The Morgan fingerprint density at radius 3 is 2.18 bits per heavy atom. The fraction of sp³-hybridized carbons (Fsp3) is 0.875. The molecule has 0 heterocycles. The van der Waals surface area contributed by atoms with E-state index in [0.717, 1.165) is 32.1 Å². The van der Waals surface area contributed by atoms with Gasteiger partial charge in [0.05, 0.1) is 0 Å². The Morgan fingerprint density at radius 2 is 1.64 bits per heavy atom. The highest BCUT2D eigenvalue weighted by Crippen LogP contribution is 2.05. The number of rotatable bonds is 7. The normalized spacial score (nSPS) is 10.0. The van der Waals surface area contributed by atoms with Gasteiger partial charge in [-0.3, -0.25) is 4.79 Å². The Labute approximate surface area is 72.6 Å².